The fraction of sp³-hybridized carbons (Fsp3) is 0.154. The number of ether oxygens (including phenoxy) is 1. The summed E-state index contributed by atoms with van der Waals surface area (Å²) in [5.74, 6) is -1.16. The van der Waals surface area contributed by atoms with Crippen molar-refractivity contribution in [3.63, 3.8) is 0 Å². The quantitative estimate of drug-likeness (QED) is 0.627. The molecular weight excluding hydrogens is 271 g/mol. The van der Waals surface area contributed by atoms with Crippen molar-refractivity contribution in [3.05, 3.63) is 46.6 Å². The van der Waals surface area contributed by atoms with Crippen LogP contribution in [0.3, 0.4) is 0 Å². The number of nitrogens with zero attached hydrogens (tertiary/aromatic N) is 2. The van der Waals surface area contributed by atoms with Gasteiger partial charge in [-0.3, -0.25) is 0 Å². The van der Waals surface area contributed by atoms with Crippen LogP contribution in [-0.2, 0) is 4.74 Å². The molecule has 0 amide bonds. The first kappa shape index (κ1) is 13.4. The van der Waals surface area contributed by atoms with Crippen LogP contribution in [0.25, 0.3) is 11.3 Å². The number of rotatable bonds is 2. The van der Waals surface area contributed by atoms with Crippen molar-refractivity contribution in [1.29, 1.82) is 0 Å². The summed E-state index contributed by atoms with van der Waals surface area (Å²) in [7, 11) is 1.24. The molecule has 0 bridgehead atoms. The van der Waals surface area contributed by atoms with Crippen LogP contribution in [0, 0.1) is 12.7 Å². The molecule has 0 saturated heterocycles. The monoisotopic (exact) mass is 280 g/mol. The number of aromatic nitrogens is 2. The molecule has 0 fully saturated rings. The average molecular weight is 281 g/mol. The molecule has 0 aliphatic carbocycles. The van der Waals surface area contributed by atoms with Gasteiger partial charge in [-0.15, -0.1) is 0 Å². The SMILES string of the molecule is COC(=O)c1cc(F)cc(-c2nc(Cl)ncc2C)c1. The first-order valence-electron chi connectivity index (χ1n) is 5.39. The molecule has 0 saturated carbocycles. The molecule has 1 aromatic heterocycles. The van der Waals surface area contributed by atoms with Gasteiger partial charge in [0.05, 0.1) is 18.4 Å². The van der Waals surface area contributed by atoms with E-state index in [1.807, 2.05) is 0 Å². The Bertz CT molecular complexity index is 647. The smallest absolute Gasteiger partial charge is 0.337 e. The van der Waals surface area contributed by atoms with E-state index < -0.39 is 11.8 Å². The molecule has 0 N–H and O–H groups in total. The summed E-state index contributed by atoms with van der Waals surface area (Å²) in [6.07, 6.45) is 1.54. The fourth-order valence-corrected chi connectivity index (χ4v) is 1.81. The van der Waals surface area contributed by atoms with Crippen LogP contribution >= 0.6 is 11.6 Å². The Hall–Kier alpha value is -2.01. The highest BCUT2D eigenvalue weighted by molar-refractivity contribution is 6.28. The predicted molar refractivity (Wildman–Crippen MR) is 68.5 cm³/mol. The standard InChI is InChI=1S/C13H10ClFN2O2/c1-7-6-16-13(14)17-11(7)8-3-9(12(18)19-2)5-10(15)4-8/h3-6H,1-2H3. The second-order valence-corrected chi connectivity index (χ2v) is 4.23. The molecule has 2 aromatic rings. The summed E-state index contributed by atoms with van der Waals surface area (Å²) in [6.45, 7) is 1.77. The Morgan fingerprint density at radius 3 is 2.79 bits per heavy atom. The second kappa shape index (κ2) is 5.32. The van der Waals surface area contributed by atoms with E-state index in [1.54, 1.807) is 6.92 Å². The van der Waals surface area contributed by atoms with Gasteiger partial charge in [0.15, 0.2) is 0 Å². The van der Waals surface area contributed by atoms with E-state index in [0.717, 1.165) is 11.6 Å². The summed E-state index contributed by atoms with van der Waals surface area (Å²) in [5, 5.41) is 0.0597. The van der Waals surface area contributed by atoms with E-state index in [9.17, 15) is 9.18 Å². The van der Waals surface area contributed by atoms with Crippen molar-refractivity contribution in [2.45, 2.75) is 6.92 Å². The van der Waals surface area contributed by atoms with Crippen molar-refractivity contribution < 1.29 is 13.9 Å². The molecule has 0 atom stereocenters. The van der Waals surface area contributed by atoms with E-state index in [-0.39, 0.29) is 10.8 Å². The Labute approximate surface area is 114 Å². The van der Waals surface area contributed by atoms with Crippen molar-refractivity contribution in [1.82, 2.24) is 9.97 Å². The predicted octanol–water partition coefficient (Wildman–Crippen LogP) is 3.03. The van der Waals surface area contributed by atoms with Crippen molar-refractivity contribution in [2.75, 3.05) is 7.11 Å². The molecule has 0 spiro atoms. The van der Waals surface area contributed by atoms with Gasteiger partial charge >= 0.3 is 5.97 Å². The van der Waals surface area contributed by atoms with E-state index >= 15 is 0 Å². The van der Waals surface area contributed by atoms with Gasteiger partial charge in [0, 0.05) is 11.8 Å². The molecule has 6 heteroatoms. The van der Waals surface area contributed by atoms with Gasteiger partial charge < -0.3 is 4.74 Å². The molecule has 98 valence electrons. The van der Waals surface area contributed by atoms with Gasteiger partial charge in [0.1, 0.15) is 5.82 Å². The Balaban J connectivity index is 2.59. The number of hydrogen-bond donors (Lipinski definition) is 0. The Kier molecular flexibility index (Phi) is 3.76. The lowest BCUT2D eigenvalue weighted by Gasteiger charge is -2.07. The van der Waals surface area contributed by atoms with Crippen molar-refractivity contribution >= 4 is 17.6 Å². The van der Waals surface area contributed by atoms with Crippen molar-refractivity contribution in [2.24, 2.45) is 0 Å². The zero-order valence-corrected chi connectivity index (χ0v) is 11.0. The third-order valence-corrected chi connectivity index (χ3v) is 2.72. The Morgan fingerprint density at radius 1 is 1.37 bits per heavy atom. The van der Waals surface area contributed by atoms with Gasteiger partial charge in [0.25, 0.3) is 0 Å². The molecule has 19 heavy (non-hydrogen) atoms. The fourth-order valence-electron chi connectivity index (χ4n) is 1.67. The third-order valence-electron chi connectivity index (χ3n) is 2.53. The molecule has 1 aromatic carbocycles. The topological polar surface area (TPSA) is 52.1 Å². The zero-order valence-electron chi connectivity index (χ0n) is 10.3. The number of benzene rings is 1. The summed E-state index contributed by atoms with van der Waals surface area (Å²) >= 11 is 5.73. The molecular formula is C13H10ClFN2O2. The van der Waals surface area contributed by atoms with Crippen molar-refractivity contribution in [3.8, 4) is 11.3 Å². The van der Waals surface area contributed by atoms with Crippen LogP contribution in [0.4, 0.5) is 4.39 Å². The van der Waals surface area contributed by atoms with Gasteiger partial charge in [-0.25, -0.2) is 19.2 Å². The molecule has 4 nitrogen and oxygen atoms in total. The molecule has 0 radical (unpaired) electrons. The largest absolute Gasteiger partial charge is 0.465 e. The third kappa shape index (κ3) is 2.88. The van der Waals surface area contributed by atoms with Crippen LogP contribution < -0.4 is 0 Å². The van der Waals surface area contributed by atoms with E-state index in [2.05, 4.69) is 14.7 Å². The van der Waals surface area contributed by atoms with Gasteiger partial charge in [0.2, 0.25) is 5.28 Å². The maximum Gasteiger partial charge on any atom is 0.337 e. The number of aryl methyl sites for hydroxylation is 1. The maximum atomic E-state index is 13.6. The lowest BCUT2D eigenvalue weighted by Crippen LogP contribution is -2.03. The highest BCUT2D eigenvalue weighted by Crippen LogP contribution is 2.24. The summed E-state index contributed by atoms with van der Waals surface area (Å²) in [5.41, 5.74) is 1.77. The summed E-state index contributed by atoms with van der Waals surface area (Å²) < 4.78 is 18.1. The number of hydrogen-bond acceptors (Lipinski definition) is 4. The van der Waals surface area contributed by atoms with Crippen LogP contribution in [0.5, 0.6) is 0 Å². The lowest BCUT2D eigenvalue weighted by atomic mass is 10.0. The Morgan fingerprint density at radius 2 is 2.11 bits per heavy atom. The van der Waals surface area contributed by atoms with Crippen LogP contribution in [-0.4, -0.2) is 23.0 Å². The maximum absolute atomic E-state index is 13.6. The highest BCUT2D eigenvalue weighted by atomic mass is 35.5. The minimum atomic E-state index is -0.612. The van der Waals surface area contributed by atoms with Gasteiger partial charge in [-0.05, 0) is 42.3 Å². The zero-order chi connectivity index (χ0) is 14.0. The highest BCUT2D eigenvalue weighted by Gasteiger charge is 2.12. The normalized spacial score (nSPS) is 10.3. The number of esters is 1. The van der Waals surface area contributed by atoms with E-state index in [4.69, 9.17) is 11.6 Å². The van der Waals surface area contributed by atoms with E-state index in [1.165, 1.54) is 25.4 Å². The minimum Gasteiger partial charge on any atom is -0.465 e. The van der Waals surface area contributed by atoms with Gasteiger partial charge in [-0.1, -0.05) is 0 Å². The lowest BCUT2D eigenvalue weighted by molar-refractivity contribution is 0.0600. The molecule has 2 rings (SSSR count). The van der Waals surface area contributed by atoms with Crippen LogP contribution in [0.15, 0.2) is 24.4 Å². The number of methoxy groups -OCH3 is 1. The average Bonchev–Trinajstić information content (AvgIpc) is 2.39. The first-order chi connectivity index (χ1) is 9.01. The van der Waals surface area contributed by atoms with Gasteiger partial charge in [-0.2, -0.15) is 0 Å². The first-order valence-corrected chi connectivity index (χ1v) is 5.77. The molecule has 1 heterocycles. The molecule has 0 aliphatic heterocycles. The molecule has 0 unspecified atom stereocenters. The number of carbonyl (C=O) groups is 1. The summed E-state index contributed by atoms with van der Waals surface area (Å²) in [4.78, 5) is 19.3. The van der Waals surface area contributed by atoms with Crippen LogP contribution in [0.2, 0.25) is 5.28 Å². The number of halogens is 2. The van der Waals surface area contributed by atoms with E-state index in [0.29, 0.717) is 11.3 Å². The summed E-state index contributed by atoms with van der Waals surface area (Å²) in [6, 6.07) is 3.88. The molecule has 0 aliphatic rings. The second-order valence-electron chi connectivity index (χ2n) is 3.89. The number of carbonyl (C=O) groups excluding carboxylic acids is 1. The minimum absolute atomic E-state index is 0.0597. The van der Waals surface area contributed by atoms with Crippen LogP contribution in [0.1, 0.15) is 15.9 Å².